The molecule has 0 aliphatic carbocycles. The largest absolute Gasteiger partial charge is 0.493 e. The number of carbonyl (C=O) groups is 2. The van der Waals surface area contributed by atoms with E-state index in [1.807, 2.05) is 44.2 Å². The van der Waals surface area contributed by atoms with Crippen LogP contribution in [0.3, 0.4) is 0 Å². The Morgan fingerprint density at radius 1 is 0.976 bits per heavy atom. The van der Waals surface area contributed by atoms with Crippen molar-refractivity contribution in [3.05, 3.63) is 75.1 Å². The highest BCUT2D eigenvalue weighted by Crippen LogP contribution is 2.40. The fourth-order valence-corrected chi connectivity index (χ4v) is 5.44. The number of aryl methyl sites for hydroxylation is 2. The number of urea groups is 1. The van der Waals surface area contributed by atoms with Gasteiger partial charge in [0.15, 0.2) is 0 Å². The third-order valence-corrected chi connectivity index (χ3v) is 7.69. The van der Waals surface area contributed by atoms with Crippen LogP contribution in [-0.4, -0.2) is 41.9 Å². The van der Waals surface area contributed by atoms with Gasteiger partial charge in [-0.1, -0.05) is 57.0 Å². The van der Waals surface area contributed by atoms with E-state index in [1.54, 1.807) is 14.0 Å². The molecule has 1 aromatic heterocycles. The van der Waals surface area contributed by atoms with E-state index in [9.17, 15) is 27.6 Å². The molecule has 2 heterocycles. The monoisotopic (exact) mass is 572 g/mol. The van der Waals surface area contributed by atoms with E-state index in [0.29, 0.717) is 61.5 Å². The first-order chi connectivity index (χ1) is 19.4. The summed E-state index contributed by atoms with van der Waals surface area (Å²) in [5, 5.41) is -0.145. The fraction of sp³-hybridized carbons (Fsp3) is 0.452. The molecule has 2 aromatic carbocycles. The highest BCUT2D eigenvalue weighted by molar-refractivity contribution is 6.07. The van der Waals surface area contributed by atoms with Crippen LogP contribution in [0.15, 0.2) is 51.7 Å². The number of imide groups is 1. The minimum Gasteiger partial charge on any atom is -0.493 e. The molecule has 0 bridgehead atoms. The van der Waals surface area contributed by atoms with Crippen LogP contribution in [0.25, 0.3) is 11.0 Å². The number of fused-ring (bicyclic) bond motifs is 1. The zero-order valence-corrected chi connectivity index (χ0v) is 23.8. The molecule has 1 fully saturated rings. The van der Waals surface area contributed by atoms with E-state index < -0.39 is 22.9 Å². The van der Waals surface area contributed by atoms with Gasteiger partial charge < -0.3 is 14.1 Å². The molecular weight excluding hydrogens is 537 g/mol. The Bertz CT molecular complexity index is 1490. The summed E-state index contributed by atoms with van der Waals surface area (Å²) in [5.41, 5.74) is -1.48. The van der Waals surface area contributed by atoms with E-state index in [1.165, 1.54) is 15.9 Å². The second kappa shape index (κ2) is 12.0. The van der Waals surface area contributed by atoms with Crippen molar-refractivity contribution in [3.63, 3.8) is 0 Å². The normalized spacial score (nSPS) is 17.6. The number of hydrogen-bond acceptors (Lipinski definition) is 5. The number of likely N-dealkylation sites (N-methyl/N-ethyl adjacent to an activating group) is 1. The van der Waals surface area contributed by atoms with Crippen molar-refractivity contribution in [1.82, 2.24) is 9.80 Å². The first-order valence-corrected chi connectivity index (χ1v) is 13.9. The van der Waals surface area contributed by atoms with Crippen molar-refractivity contribution < 1.29 is 31.9 Å². The van der Waals surface area contributed by atoms with Gasteiger partial charge in [0, 0.05) is 30.6 Å². The zero-order valence-electron chi connectivity index (χ0n) is 23.8. The van der Waals surface area contributed by atoms with Crippen LogP contribution < -0.4 is 10.4 Å². The summed E-state index contributed by atoms with van der Waals surface area (Å²) in [6, 6.07) is 10.7. The number of benzene rings is 2. The maximum absolute atomic E-state index is 13.8. The zero-order chi connectivity index (χ0) is 29.9. The van der Waals surface area contributed by atoms with Crippen LogP contribution >= 0.6 is 0 Å². The van der Waals surface area contributed by atoms with Gasteiger partial charge in [0.2, 0.25) is 0 Å². The molecule has 0 saturated carbocycles. The third kappa shape index (κ3) is 5.69. The Morgan fingerprint density at radius 3 is 2.29 bits per heavy atom. The van der Waals surface area contributed by atoms with E-state index in [4.69, 9.17) is 9.15 Å². The van der Waals surface area contributed by atoms with Crippen LogP contribution in [-0.2, 0) is 29.4 Å². The Balaban J connectivity index is 1.53. The highest BCUT2D eigenvalue weighted by atomic mass is 19.4. The Kier molecular flexibility index (Phi) is 8.80. The van der Waals surface area contributed by atoms with Crippen LogP contribution in [0.1, 0.15) is 68.7 Å². The minimum atomic E-state index is -4.71. The molecule has 3 amide bonds. The summed E-state index contributed by atoms with van der Waals surface area (Å²) < 4.78 is 52.9. The van der Waals surface area contributed by atoms with Gasteiger partial charge in [0.1, 0.15) is 16.9 Å². The fourth-order valence-electron chi connectivity index (χ4n) is 5.44. The van der Waals surface area contributed by atoms with Crippen molar-refractivity contribution >= 4 is 22.9 Å². The van der Waals surface area contributed by atoms with Crippen molar-refractivity contribution in [1.29, 1.82) is 0 Å². The molecule has 4 rings (SSSR count). The molecule has 0 spiro atoms. The lowest BCUT2D eigenvalue weighted by atomic mass is 9.91. The number of ether oxygens (including phenoxy) is 1. The van der Waals surface area contributed by atoms with Gasteiger partial charge in [-0.05, 0) is 49.8 Å². The first kappa shape index (κ1) is 30.1. The molecule has 1 atom stereocenters. The molecule has 1 aliphatic rings. The first-order valence-electron chi connectivity index (χ1n) is 13.9. The molecule has 1 aliphatic heterocycles. The summed E-state index contributed by atoms with van der Waals surface area (Å²) in [6.07, 6.45) is -1.60. The maximum atomic E-state index is 13.8. The smallest absolute Gasteiger partial charge is 0.417 e. The minimum absolute atomic E-state index is 0.0991. The van der Waals surface area contributed by atoms with Crippen molar-refractivity contribution in [3.8, 4) is 5.75 Å². The average Bonchev–Trinajstić information content (AvgIpc) is 3.10. The lowest BCUT2D eigenvalue weighted by molar-refractivity contribution is -0.136. The van der Waals surface area contributed by atoms with Crippen molar-refractivity contribution in [2.75, 3.05) is 20.2 Å². The maximum Gasteiger partial charge on any atom is 0.417 e. The highest BCUT2D eigenvalue weighted by Gasteiger charge is 2.53. The molecule has 3 aromatic rings. The number of unbranched alkanes of at least 4 members (excludes halogenated alkanes) is 1. The quantitative estimate of drug-likeness (QED) is 0.145. The molecule has 220 valence electrons. The van der Waals surface area contributed by atoms with E-state index in [2.05, 4.69) is 0 Å². The van der Waals surface area contributed by atoms with Crippen LogP contribution in [0.2, 0.25) is 0 Å². The number of alkyl halides is 3. The summed E-state index contributed by atoms with van der Waals surface area (Å²) in [7, 11) is 1.61. The topological polar surface area (TPSA) is 80.1 Å². The molecule has 41 heavy (non-hydrogen) atoms. The van der Waals surface area contributed by atoms with Gasteiger partial charge in [0.25, 0.3) is 5.91 Å². The van der Waals surface area contributed by atoms with E-state index in [-0.39, 0.29) is 36.1 Å². The second-order valence-electron chi connectivity index (χ2n) is 10.5. The number of carbonyl (C=O) groups excluding carboxylic acids is 2. The predicted octanol–water partition coefficient (Wildman–Crippen LogP) is 6.69. The lowest BCUT2D eigenvalue weighted by Crippen LogP contribution is -2.42. The number of nitrogens with zero attached hydrogens (tertiary/aromatic N) is 2. The van der Waals surface area contributed by atoms with Gasteiger partial charge in [-0.2, -0.15) is 13.2 Å². The van der Waals surface area contributed by atoms with Crippen LogP contribution in [0, 0.1) is 0 Å². The Labute approximate surface area is 236 Å². The summed E-state index contributed by atoms with van der Waals surface area (Å²) in [5.74, 6) is 0.144. The van der Waals surface area contributed by atoms with Gasteiger partial charge in [0.05, 0.1) is 12.2 Å². The standard InChI is InChI=1S/C31H35F3N2O5/c1-5-12-20-18-23-24(31(32,33)34)19-25(37)41-27(23)22(13-6-2)26(20)40-17-11-10-16-36-28(38)30(3,35(4)29(36)39)21-14-8-7-9-15-21/h7-9,14-15,18-19H,5-6,10-13,16-17H2,1-4H3. The Hall–Kier alpha value is -3.82. The summed E-state index contributed by atoms with van der Waals surface area (Å²) in [4.78, 5) is 41.1. The predicted molar refractivity (Wildman–Crippen MR) is 149 cm³/mol. The molecule has 1 saturated heterocycles. The SMILES string of the molecule is CCCc1cc2c(C(F)(F)F)cc(=O)oc2c(CCC)c1OCCCCN1C(=O)N(C)C(C)(c2ccccc2)C1=O. The van der Waals surface area contributed by atoms with Gasteiger partial charge >= 0.3 is 17.8 Å². The number of halogens is 3. The second-order valence-corrected chi connectivity index (χ2v) is 10.5. The van der Waals surface area contributed by atoms with Crippen molar-refractivity contribution in [2.45, 2.75) is 71.0 Å². The molecule has 10 heteroatoms. The number of hydrogen-bond donors (Lipinski definition) is 0. The Morgan fingerprint density at radius 2 is 1.66 bits per heavy atom. The summed E-state index contributed by atoms with van der Waals surface area (Å²) in [6.45, 7) is 5.97. The van der Waals surface area contributed by atoms with Gasteiger partial charge in [-0.25, -0.2) is 9.59 Å². The molecular formula is C31H35F3N2O5. The van der Waals surface area contributed by atoms with Crippen molar-refractivity contribution in [2.24, 2.45) is 0 Å². The lowest BCUT2D eigenvalue weighted by Gasteiger charge is -2.28. The molecule has 7 nitrogen and oxygen atoms in total. The average molecular weight is 573 g/mol. The van der Waals surface area contributed by atoms with E-state index in [0.717, 1.165) is 5.56 Å². The number of rotatable bonds is 11. The van der Waals surface area contributed by atoms with Crippen LogP contribution in [0.5, 0.6) is 5.75 Å². The van der Waals surface area contributed by atoms with E-state index >= 15 is 0 Å². The third-order valence-electron chi connectivity index (χ3n) is 7.69. The van der Waals surface area contributed by atoms with Gasteiger partial charge in [-0.3, -0.25) is 9.69 Å². The molecule has 0 N–H and O–H groups in total. The molecule has 1 unspecified atom stereocenters. The number of amides is 3. The van der Waals surface area contributed by atoms with Crippen LogP contribution in [0.4, 0.5) is 18.0 Å². The van der Waals surface area contributed by atoms with Gasteiger partial charge in [-0.15, -0.1) is 0 Å². The summed E-state index contributed by atoms with van der Waals surface area (Å²) >= 11 is 0. The molecule has 0 radical (unpaired) electrons.